The summed E-state index contributed by atoms with van der Waals surface area (Å²) in [4.78, 5) is 12.1. The summed E-state index contributed by atoms with van der Waals surface area (Å²) in [7, 11) is 0. The molecule has 0 aliphatic rings. The molecule has 0 aromatic heterocycles. The molecule has 0 saturated carbocycles. The van der Waals surface area contributed by atoms with Crippen LogP contribution in [-0.4, -0.2) is 22.9 Å². The van der Waals surface area contributed by atoms with E-state index in [9.17, 15) is 9.90 Å². The van der Waals surface area contributed by atoms with Crippen molar-refractivity contribution in [3.05, 3.63) is 28.8 Å². The lowest BCUT2D eigenvalue weighted by Crippen LogP contribution is -2.30. The molecule has 2 atom stereocenters. The molecule has 1 unspecified atom stereocenters. The zero-order chi connectivity index (χ0) is 22.4. The maximum Gasteiger partial charge on any atom is 0.315 e. The van der Waals surface area contributed by atoms with Crippen molar-refractivity contribution < 1.29 is 14.6 Å². The Kier molecular flexibility index (Phi) is 9.59. The first-order valence-corrected chi connectivity index (χ1v) is 11.7. The van der Waals surface area contributed by atoms with Gasteiger partial charge in [-0.1, -0.05) is 80.4 Å². The normalized spacial score (nSPS) is 14.5. The Morgan fingerprint density at radius 2 is 1.59 bits per heavy atom. The number of phenolic OH excluding ortho intramolecular Hbond substituents is 1. The maximum absolute atomic E-state index is 12.1. The summed E-state index contributed by atoms with van der Waals surface area (Å²) in [6, 6.07) is 4.19. The molecule has 29 heavy (non-hydrogen) atoms. The molecule has 1 N–H and O–H groups in total. The summed E-state index contributed by atoms with van der Waals surface area (Å²) >= 11 is 4.10. The molecule has 1 aromatic rings. The number of ether oxygens (including phenoxy) is 1. The van der Waals surface area contributed by atoms with E-state index in [4.69, 9.17) is 4.74 Å². The number of aromatic hydroxyl groups is 1. The molecule has 1 rings (SSSR count). The van der Waals surface area contributed by atoms with E-state index in [0.717, 1.165) is 42.4 Å². The Morgan fingerprint density at radius 3 is 1.97 bits per heavy atom. The fourth-order valence-electron chi connectivity index (χ4n) is 3.82. The second-order valence-corrected chi connectivity index (χ2v) is 10.6. The van der Waals surface area contributed by atoms with Gasteiger partial charge in [-0.2, -0.15) is 12.6 Å². The second kappa shape index (κ2) is 10.7. The molecule has 1 aromatic carbocycles. The Morgan fingerprint density at radius 1 is 1.07 bits per heavy atom. The van der Waals surface area contributed by atoms with Crippen molar-refractivity contribution in [3.63, 3.8) is 0 Å². The molecule has 0 bridgehead atoms. The van der Waals surface area contributed by atoms with Crippen molar-refractivity contribution in [3.8, 4) is 5.75 Å². The molecule has 0 heterocycles. The first kappa shape index (κ1) is 25.9. The Bertz CT molecular complexity index is 633. The summed E-state index contributed by atoms with van der Waals surface area (Å²) in [5.41, 5.74) is 2.65. The molecule has 3 nitrogen and oxygen atoms in total. The van der Waals surface area contributed by atoms with E-state index in [1.807, 2.05) is 0 Å². The Labute approximate surface area is 184 Å². The molecule has 0 aliphatic heterocycles. The number of rotatable bonds is 9. The zero-order valence-corrected chi connectivity index (χ0v) is 20.7. The fourth-order valence-corrected chi connectivity index (χ4v) is 3.89. The maximum atomic E-state index is 12.1. The monoisotopic (exact) mass is 422 g/mol. The molecule has 166 valence electrons. The number of phenols is 1. The number of hydrogen-bond acceptors (Lipinski definition) is 4. The summed E-state index contributed by atoms with van der Waals surface area (Å²) < 4.78 is 5.86. The average Bonchev–Trinajstić information content (AvgIpc) is 2.61. The lowest BCUT2D eigenvalue weighted by molar-refractivity contribution is -0.148. The van der Waals surface area contributed by atoms with Gasteiger partial charge in [0.05, 0.1) is 5.75 Å². The quantitative estimate of drug-likeness (QED) is 0.349. The second-order valence-electron chi connectivity index (χ2n) is 10.2. The van der Waals surface area contributed by atoms with Crippen LogP contribution in [0.4, 0.5) is 0 Å². The van der Waals surface area contributed by atoms with E-state index in [1.165, 1.54) is 0 Å². The fraction of sp³-hybridized carbons (Fsp3) is 0.720. The SMILES string of the molecule is CCCC[C@H](CC)C(Cc1cc(C(C)(C)C)c(O)c(C(C)(C)C)c1)OC(=O)CS. The molecule has 0 spiro atoms. The highest BCUT2D eigenvalue weighted by Crippen LogP contribution is 2.40. The van der Waals surface area contributed by atoms with Gasteiger partial charge in [0.25, 0.3) is 0 Å². The van der Waals surface area contributed by atoms with E-state index in [-0.39, 0.29) is 28.7 Å². The van der Waals surface area contributed by atoms with Gasteiger partial charge < -0.3 is 9.84 Å². The number of unbranched alkanes of at least 4 members (excludes halogenated alkanes) is 1. The molecule has 0 aliphatic carbocycles. The lowest BCUT2D eigenvalue weighted by atomic mass is 9.77. The lowest BCUT2D eigenvalue weighted by Gasteiger charge is -2.30. The third kappa shape index (κ3) is 7.55. The van der Waals surface area contributed by atoms with Gasteiger partial charge in [0.15, 0.2) is 0 Å². The molecule has 0 saturated heterocycles. The largest absolute Gasteiger partial charge is 0.507 e. The van der Waals surface area contributed by atoms with Crippen molar-refractivity contribution in [1.82, 2.24) is 0 Å². The predicted molar refractivity (Wildman–Crippen MR) is 126 cm³/mol. The molecular weight excluding hydrogens is 380 g/mol. The highest BCUT2D eigenvalue weighted by molar-refractivity contribution is 7.81. The van der Waals surface area contributed by atoms with Crippen LogP contribution >= 0.6 is 12.6 Å². The topological polar surface area (TPSA) is 46.5 Å². The molecule has 4 heteroatoms. The predicted octanol–water partition coefficient (Wildman–Crippen LogP) is 6.59. The molecule has 0 fully saturated rings. The van der Waals surface area contributed by atoms with Gasteiger partial charge in [-0.3, -0.25) is 4.79 Å². The average molecular weight is 423 g/mol. The van der Waals surface area contributed by atoms with Crippen molar-refractivity contribution in [1.29, 1.82) is 0 Å². The summed E-state index contributed by atoms with van der Waals surface area (Å²) in [5, 5.41) is 11.0. The van der Waals surface area contributed by atoms with E-state index in [2.05, 4.69) is 80.2 Å². The summed E-state index contributed by atoms with van der Waals surface area (Å²) in [6.45, 7) is 17.1. The van der Waals surface area contributed by atoms with Gasteiger partial charge in [0.2, 0.25) is 0 Å². The minimum atomic E-state index is -0.265. The standard InChI is InChI=1S/C25H42O3S/c1-9-11-12-18(10-2)21(28-22(26)16-29)15-17-13-19(24(3,4)5)23(27)20(14-17)25(6,7)8/h13-14,18,21,27,29H,9-12,15-16H2,1-8H3/t18-,21?/m0/s1. The van der Waals surface area contributed by atoms with Crippen LogP contribution in [0, 0.1) is 5.92 Å². The van der Waals surface area contributed by atoms with Crippen LogP contribution in [0.15, 0.2) is 12.1 Å². The first-order chi connectivity index (χ1) is 13.3. The number of thiol groups is 1. The van der Waals surface area contributed by atoms with E-state index >= 15 is 0 Å². The number of carbonyl (C=O) groups is 1. The van der Waals surface area contributed by atoms with Crippen molar-refractivity contribution >= 4 is 18.6 Å². The van der Waals surface area contributed by atoms with Gasteiger partial charge in [-0.05, 0) is 46.3 Å². The van der Waals surface area contributed by atoms with Crippen molar-refractivity contribution in [2.24, 2.45) is 5.92 Å². The number of benzene rings is 1. The Balaban J connectivity index is 3.41. The molecular formula is C25H42O3S. The highest BCUT2D eigenvalue weighted by atomic mass is 32.1. The van der Waals surface area contributed by atoms with E-state index in [0.29, 0.717) is 18.1 Å². The van der Waals surface area contributed by atoms with Crippen LogP contribution < -0.4 is 0 Å². The third-order valence-electron chi connectivity index (χ3n) is 5.61. The molecule has 0 amide bonds. The van der Waals surface area contributed by atoms with Gasteiger partial charge >= 0.3 is 5.97 Å². The van der Waals surface area contributed by atoms with Crippen LogP contribution in [0.3, 0.4) is 0 Å². The minimum Gasteiger partial charge on any atom is -0.507 e. The smallest absolute Gasteiger partial charge is 0.315 e. The number of hydrogen-bond donors (Lipinski definition) is 2. The van der Waals surface area contributed by atoms with E-state index < -0.39 is 0 Å². The van der Waals surface area contributed by atoms with Crippen molar-refractivity contribution in [2.75, 3.05) is 5.75 Å². The van der Waals surface area contributed by atoms with Crippen LogP contribution in [-0.2, 0) is 26.8 Å². The summed E-state index contributed by atoms with van der Waals surface area (Å²) in [5.74, 6) is 0.537. The van der Waals surface area contributed by atoms with Crippen molar-refractivity contribution in [2.45, 2.75) is 104 Å². The molecule has 0 radical (unpaired) electrons. The van der Waals surface area contributed by atoms with Gasteiger partial charge in [0, 0.05) is 6.42 Å². The van der Waals surface area contributed by atoms with Gasteiger partial charge in [-0.15, -0.1) is 0 Å². The zero-order valence-electron chi connectivity index (χ0n) is 19.8. The first-order valence-electron chi connectivity index (χ1n) is 11.0. The van der Waals surface area contributed by atoms with Crippen LogP contribution in [0.25, 0.3) is 0 Å². The Hall–Kier alpha value is -1.16. The number of esters is 1. The number of carbonyl (C=O) groups excluding carboxylic acids is 1. The minimum absolute atomic E-state index is 0.0940. The van der Waals surface area contributed by atoms with Crippen LogP contribution in [0.1, 0.15) is 97.8 Å². The third-order valence-corrected chi connectivity index (χ3v) is 5.87. The van der Waals surface area contributed by atoms with Gasteiger partial charge in [0.1, 0.15) is 11.9 Å². The van der Waals surface area contributed by atoms with E-state index in [1.54, 1.807) is 0 Å². The highest BCUT2D eigenvalue weighted by Gasteiger charge is 2.29. The van der Waals surface area contributed by atoms with Gasteiger partial charge in [-0.25, -0.2) is 0 Å². The summed E-state index contributed by atoms with van der Waals surface area (Å²) in [6.07, 6.45) is 4.77. The van der Waals surface area contributed by atoms with Crippen LogP contribution in [0.5, 0.6) is 5.75 Å². The van der Waals surface area contributed by atoms with Crippen LogP contribution in [0.2, 0.25) is 0 Å².